The highest BCUT2D eigenvalue weighted by Gasteiger charge is 2.15. The molecule has 2 N–H and O–H groups in total. The van der Waals surface area contributed by atoms with Crippen LogP contribution in [0, 0.1) is 0 Å². The molecule has 0 fully saturated rings. The molecule has 0 saturated heterocycles. The number of aromatic nitrogens is 4. The van der Waals surface area contributed by atoms with E-state index in [1.54, 1.807) is 36.2 Å². The second kappa shape index (κ2) is 4.69. The van der Waals surface area contributed by atoms with Crippen LogP contribution in [-0.4, -0.2) is 27.0 Å². The highest BCUT2D eigenvalue weighted by Crippen LogP contribution is 2.31. The number of anilines is 1. The minimum Gasteiger partial charge on any atom is -0.496 e. The fraction of sp³-hybridized carbons (Fsp3) is 0.154. The van der Waals surface area contributed by atoms with Gasteiger partial charge in [0.15, 0.2) is 0 Å². The van der Waals surface area contributed by atoms with Gasteiger partial charge >= 0.3 is 0 Å². The van der Waals surface area contributed by atoms with Crippen molar-refractivity contribution in [2.45, 2.75) is 0 Å². The molecule has 0 aliphatic heterocycles. The summed E-state index contributed by atoms with van der Waals surface area (Å²) in [5.74, 6) is 1.44. The van der Waals surface area contributed by atoms with E-state index in [0.717, 1.165) is 5.56 Å². The topological polar surface area (TPSA) is 92.0 Å². The molecule has 0 spiro atoms. The van der Waals surface area contributed by atoms with Gasteiger partial charge in [-0.2, -0.15) is 10.1 Å². The number of methoxy groups -OCH3 is 1. The molecule has 0 saturated carbocycles. The highest BCUT2D eigenvalue weighted by atomic mass is 16.5. The van der Waals surface area contributed by atoms with E-state index in [1.807, 2.05) is 13.2 Å². The molecule has 0 atom stereocenters. The molecule has 0 bridgehead atoms. The summed E-state index contributed by atoms with van der Waals surface area (Å²) in [6.45, 7) is 0. The first-order valence-electron chi connectivity index (χ1n) is 5.94. The van der Waals surface area contributed by atoms with Gasteiger partial charge in [-0.3, -0.25) is 4.68 Å². The number of ether oxygens (including phenoxy) is 1. The molecule has 7 nitrogen and oxygen atoms in total. The maximum Gasteiger partial charge on any atom is 0.262 e. The van der Waals surface area contributed by atoms with Gasteiger partial charge in [-0.25, -0.2) is 0 Å². The molecule has 20 heavy (non-hydrogen) atoms. The van der Waals surface area contributed by atoms with Gasteiger partial charge in [0.1, 0.15) is 5.75 Å². The predicted molar refractivity (Wildman–Crippen MR) is 72.9 cm³/mol. The summed E-state index contributed by atoms with van der Waals surface area (Å²) in [5, 5.41) is 8.02. The second-order valence-electron chi connectivity index (χ2n) is 4.29. The average Bonchev–Trinajstić information content (AvgIpc) is 3.07. The van der Waals surface area contributed by atoms with E-state index in [9.17, 15) is 0 Å². The van der Waals surface area contributed by atoms with E-state index < -0.39 is 0 Å². The van der Waals surface area contributed by atoms with Crippen molar-refractivity contribution in [3.05, 3.63) is 30.6 Å². The Labute approximate surface area is 115 Å². The summed E-state index contributed by atoms with van der Waals surface area (Å²) in [5.41, 5.74) is 7.82. The summed E-state index contributed by atoms with van der Waals surface area (Å²) in [4.78, 5) is 4.35. The molecule has 2 heterocycles. The first-order valence-corrected chi connectivity index (χ1v) is 5.94. The second-order valence-corrected chi connectivity index (χ2v) is 4.29. The van der Waals surface area contributed by atoms with Crippen LogP contribution in [0.4, 0.5) is 5.69 Å². The van der Waals surface area contributed by atoms with E-state index in [1.165, 1.54) is 0 Å². The number of aryl methyl sites for hydroxylation is 1. The van der Waals surface area contributed by atoms with Crippen LogP contribution in [0.5, 0.6) is 5.75 Å². The molecule has 1 aromatic carbocycles. The highest BCUT2D eigenvalue weighted by molar-refractivity contribution is 5.68. The van der Waals surface area contributed by atoms with Crippen molar-refractivity contribution >= 4 is 5.69 Å². The number of nitrogens with zero attached hydrogens (tertiary/aromatic N) is 4. The summed E-state index contributed by atoms with van der Waals surface area (Å²) >= 11 is 0. The van der Waals surface area contributed by atoms with Gasteiger partial charge < -0.3 is 15.0 Å². The minimum absolute atomic E-state index is 0.376. The molecule has 0 unspecified atom stereocenters. The van der Waals surface area contributed by atoms with Crippen LogP contribution in [-0.2, 0) is 7.05 Å². The Bertz CT molecular complexity index is 747. The molecule has 7 heteroatoms. The van der Waals surface area contributed by atoms with Gasteiger partial charge in [0.2, 0.25) is 5.82 Å². The number of rotatable bonds is 3. The molecule has 3 aromatic rings. The fourth-order valence-electron chi connectivity index (χ4n) is 1.87. The summed E-state index contributed by atoms with van der Waals surface area (Å²) < 4.78 is 12.2. The Hall–Kier alpha value is -2.83. The van der Waals surface area contributed by atoms with Crippen molar-refractivity contribution in [2.75, 3.05) is 12.8 Å². The third-order valence-electron chi connectivity index (χ3n) is 2.85. The van der Waals surface area contributed by atoms with E-state index in [-0.39, 0.29) is 0 Å². The fourth-order valence-corrected chi connectivity index (χ4v) is 1.87. The maximum absolute atomic E-state index is 5.72. The lowest BCUT2D eigenvalue weighted by Gasteiger charge is -2.05. The average molecular weight is 271 g/mol. The van der Waals surface area contributed by atoms with Gasteiger partial charge in [0.25, 0.3) is 5.89 Å². The lowest BCUT2D eigenvalue weighted by Crippen LogP contribution is -1.91. The Kier molecular flexibility index (Phi) is 2.86. The number of benzene rings is 1. The van der Waals surface area contributed by atoms with Crippen LogP contribution in [0.2, 0.25) is 0 Å². The van der Waals surface area contributed by atoms with Crippen LogP contribution in [0.3, 0.4) is 0 Å². The first kappa shape index (κ1) is 12.2. The molecule has 3 rings (SSSR count). The van der Waals surface area contributed by atoms with E-state index >= 15 is 0 Å². The molecule has 2 aromatic heterocycles. The SMILES string of the molecule is COc1cc(N)ccc1-c1nc(-c2cnn(C)c2)no1. The molecule has 0 aliphatic rings. The standard InChI is InChI=1S/C13H13N5O2/c1-18-7-8(6-15-18)12-16-13(20-17-12)10-4-3-9(14)5-11(10)19-2/h3-7H,14H2,1-2H3. The predicted octanol–water partition coefficient (Wildman–Crippen LogP) is 1.73. The summed E-state index contributed by atoms with van der Waals surface area (Å²) in [6, 6.07) is 5.25. The lowest BCUT2D eigenvalue weighted by atomic mass is 10.2. The minimum atomic E-state index is 0.376. The largest absolute Gasteiger partial charge is 0.496 e. The zero-order valence-electron chi connectivity index (χ0n) is 11.1. The Morgan fingerprint density at radius 2 is 2.20 bits per heavy atom. The van der Waals surface area contributed by atoms with Gasteiger partial charge in [0.05, 0.1) is 24.4 Å². The van der Waals surface area contributed by atoms with Crippen molar-refractivity contribution < 1.29 is 9.26 Å². The summed E-state index contributed by atoms with van der Waals surface area (Å²) in [7, 11) is 3.39. The Morgan fingerprint density at radius 1 is 1.35 bits per heavy atom. The van der Waals surface area contributed by atoms with E-state index in [2.05, 4.69) is 15.2 Å². The van der Waals surface area contributed by atoms with Crippen LogP contribution in [0.1, 0.15) is 0 Å². The first-order chi connectivity index (χ1) is 9.67. The van der Waals surface area contributed by atoms with Crippen molar-refractivity contribution in [1.82, 2.24) is 19.9 Å². The lowest BCUT2D eigenvalue weighted by molar-refractivity contribution is 0.405. The third kappa shape index (κ3) is 2.09. The van der Waals surface area contributed by atoms with Crippen molar-refractivity contribution in [3.8, 4) is 28.6 Å². The van der Waals surface area contributed by atoms with Crippen molar-refractivity contribution in [2.24, 2.45) is 7.05 Å². The zero-order chi connectivity index (χ0) is 14.1. The quantitative estimate of drug-likeness (QED) is 0.729. The van der Waals surface area contributed by atoms with Gasteiger partial charge in [-0.05, 0) is 12.1 Å². The van der Waals surface area contributed by atoms with E-state index in [0.29, 0.717) is 28.7 Å². The molecule has 0 radical (unpaired) electrons. The number of nitrogen functional groups attached to an aromatic ring is 1. The third-order valence-corrected chi connectivity index (χ3v) is 2.85. The van der Waals surface area contributed by atoms with Crippen LogP contribution < -0.4 is 10.5 Å². The molecule has 0 aliphatic carbocycles. The molecule has 0 amide bonds. The van der Waals surface area contributed by atoms with Gasteiger partial charge in [-0.15, -0.1) is 0 Å². The molecular weight excluding hydrogens is 258 g/mol. The maximum atomic E-state index is 5.72. The Balaban J connectivity index is 2.02. The van der Waals surface area contributed by atoms with E-state index in [4.69, 9.17) is 15.0 Å². The molecule has 102 valence electrons. The van der Waals surface area contributed by atoms with Crippen molar-refractivity contribution in [3.63, 3.8) is 0 Å². The molecular formula is C13H13N5O2. The Morgan fingerprint density at radius 3 is 2.90 bits per heavy atom. The number of hydrogen-bond acceptors (Lipinski definition) is 6. The van der Waals surface area contributed by atoms with Gasteiger partial charge in [-0.1, -0.05) is 5.16 Å². The smallest absolute Gasteiger partial charge is 0.262 e. The van der Waals surface area contributed by atoms with Crippen LogP contribution >= 0.6 is 0 Å². The van der Waals surface area contributed by atoms with Crippen molar-refractivity contribution in [1.29, 1.82) is 0 Å². The normalized spacial score (nSPS) is 10.7. The zero-order valence-corrected chi connectivity index (χ0v) is 11.1. The number of nitrogens with two attached hydrogens (primary N) is 1. The monoisotopic (exact) mass is 271 g/mol. The summed E-state index contributed by atoms with van der Waals surface area (Å²) in [6.07, 6.45) is 3.49. The number of hydrogen-bond donors (Lipinski definition) is 1. The van der Waals surface area contributed by atoms with Crippen LogP contribution in [0.15, 0.2) is 35.1 Å². The van der Waals surface area contributed by atoms with Crippen LogP contribution in [0.25, 0.3) is 22.8 Å². The van der Waals surface area contributed by atoms with Gasteiger partial charge in [0, 0.05) is 25.0 Å².